The van der Waals surface area contributed by atoms with Gasteiger partial charge in [0.25, 0.3) is 5.82 Å². The van der Waals surface area contributed by atoms with Gasteiger partial charge in [-0.15, -0.1) is 5.10 Å². The quantitative estimate of drug-likeness (QED) is 0.928. The van der Waals surface area contributed by atoms with Crippen LogP contribution in [0.15, 0.2) is 24.5 Å². The average Bonchev–Trinajstić information content (AvgIpc) is 2.85. The zero-order valence-electron chi connectivity index (χ0n) is 12.3. The Kier molecular flexibility index (Phi) is 3.86. The Labute approximate surface area is 119 Å². The third kappa shape index (κ3) is 3.43. The van der Waals surface area contributed by atoms with Gasteiger partial charge >= 0.3 is 0 Å². The second-order valence-corrected chi connectivity index (χ2v) is 5.84. The Hall–Kier alpha value is -2.19. The summed E-state index contributed by atoms with van der Waals surface area (Å²) >= 11 is 0. The summed E-state index contributed by atoms with van der Waals surface area (Å²) in [7, 11) is 0. The highest BCUT2D eigenvalue weighted by Gasteiger charge is 2.10. The summed E-state index contributed by atoms with van der Waals surface area (Å²) in [5, 5.41) is 16.3. The van der Waals surface area contributed by atoms with Gasteiger partial charge in [0.05, 0.1) is 5.69 Å². The van der Waals surface area contributed by atoms with E-state index >= 15 is 0 Å². The molecule has 0 saturated heterocycles. The van der Waals surface area contributed by atoms with E-state index in [4.69, 9.17) is 5.26 Å². The number of rotatable bonds is 3. The lowest BCUT2D eigenvalue weighted by molar-refractivity contribution is 0.424. The van der Waals surface area contributed by atoms with E-state index in [-0.39, 0.29) is 11.4 Å². The lowest BCUT2D eigenvalue weighted by Gasteiger charge is -2.21. The Morgan fingerprint density at radius 2 is 2.10 bits per heavy atom. The van der Waals surface area contributed by atoms with Crippen molar-refractivity contribution in [2.75, 3.05) is 0 Å². The summed E-state index contributed by atoms with van der Waals surface area (Å²) in [6.45, 7) is 9.35. The first-order valence-electron chi connectivity index (χ1n) is 6.56. The Bertz CT molecular complexity index is 643. The number of benzene rings is 1. The van der Waals surface area contributed by atoms with E-state index in [2.05, 4.69) is 55.2 Å². The standard InChI is InChI=1S/C15H19N5/c1-11-7-13(20-10-17-14(8-16)19-20)6-5-12(11)9-18-15(2,3)4/h5-7,10,18H,9H2,1-4H3. The van der Waals surface area contributed by atoms with E-state index in [1.807, 2.05) is 12.1 Å². The predicted octanol–water partition coefficient (Wildman–Crippen LogP) is 2.34. The van der Waals surface area contributed by atoms with Crippen molar-refractivity contribution in [3.8, 4) is 11.8 Å². The van der Waals surface area contributed by atoms with Crippen LogP contribution < -0.4 is 5.32 Å². The minimum absolute atomic E-state index is 0.0959. The number of nitrogens with one attached hydrogen (secondary N) is 1. The number of aryl methyl sites for hydroxylation is 1. The molecule has 104 valence electrons. The maximum atomic E-state index is 8.75. The number of nitrogens with zero attached hydrogens (tertiary/aromatic N) is 4. The van der Waals surface area contributed by atoms with Crippen molar-refractivity contribution in [1.29, 1.82) is 5.26 Å². The molecule has 0 aliphatic carbocycles. The molecule has 0 radical (unpaired) electrons. The van der Waals surface area contributed by atoms with E-state index in [0.717, 1.165) is 12.2 Å². The molecule has 0 bridgehead atoms. The van der Waals surface area contributed by atoms with Crippen molar-refractivity contribution in [2.45, 2.75) is 39.8 Å². The first-order chi connectivity index (χ1) is 9.39. The molecular formula is C15H19N5. The van der Waals surface area contributed by atoms with Crippen LogP contribution in [0.1, 0.15) is 37.7 Å². The zero-order chi connectivity index (χ0) is 14.8. The molecule has 5 heteroatoms. The normalized spacial score (nSPS) is 11.3. The van der Waals surface area contributed by atoms with Gasteiger partial charge < -0.3 is 5.32 Å². The summed E-state index contributed by atoms with van der Waals surface area (Å²) in [5.74, 6) is 0.182. The molecule has 0 spiro atoms. The number of nitriles is 1. The van der Waals surface area contributed by atoms with E-state index in [0.29, 0.717) is 0 Å². The summed E-state index contributed by atoms with van der Waals surface area (Å²) in [6.07, 6.45) is 1.56. The fourth-order valence-corrected chi connectivity index (χ4v) is 1.82. The fraction of sp³-hybridized carbons (Fsp3) is 0.400. The minimum Gasteiger partial charge on any atom is -0.308 e. The predicted molar refractivity (Wildman–Crippen MR) is 77.4 cm³/mol. The van der Waals surface area contributed by atoms with Gasteiger partial charge in [-0.05, 0) is 51.0 Å². The van der Waals surface area contributed by atoms with Gasteiger partial charge in [-0.2, -0.15) is 5.26 Å². The van der Waals surface area contributed by atoms with Gasteiger partial charge in [0.1, 0.15) is 12.4 Å². The highest BCUT2D eigenvalue weighted by Crippen LogP contribution is 2.15. The fourth-order valence-electron chi connectivity index (χ4n) is 1.82. The summed E-state index contributed by atoms with van der Waals surface area (Å²) in [4.78, 5) is 3.91. The van der Waals surface area contributed by atoms with Crippen LogP contribution in [0.5, 0.6) is 0 Å². The maximum absolute atomic E-state index is 8.75. The topological polar surface area (TPSA) is 66.5 Å². The van der Waals surface area contributed by atoms with Crippen LogP contribution >= 0.6 is 0 Å². The zero-order valence-corrected chi connectivity index (χ0v) is 12.3. The van der Waals surface area contributed by atoms with Gasteiger partial charge in [0.2, 0.25) is 0 Å². The Balaban J connectivity index is 2.19. The average molecular weight is 269 g/mol. The van der Waals surface area contributed by atoms with E-state index in [9.17, 15) is 0 Å². The molecule has 0 amide bonds. The van der Waals surface area contributed by atoms with Crippen LogP contribution in [0.3, 0.4) is 0 Å². The number of hydrogen-bond donors (Lipinski definition) is 1. The largest absolute Gasteiger partial charge is 0.308 e. The number of hydrogen-bond acceptors (Lipinski definition) is 4. The third-order valence-corrected chi connectivity index (χ3v) is 2.99. The SMILES string of the molecule is Cc1cc(-n2cnc(C#N)n2)ccc1CNC(C)(C)C. The van der Waals surface area contributed by atoms with Gasteiger partial charge in [-0.1, -0.05) is 6.07 Å². The summed E-state index contributed by atoms with van der Waals surface area (Å²) < 4.78 is 1.62. The van der Waals surface area contributed by atoms with Crippen LogP contribution in [-0.2, 0) is 6.54 Å². The molecule has 2 aromatic rings. The van der Waals surface area contributed by atoms with Crippen LogP contribution in [0.25, 0.3) is 5.69 Å². The van der Waals surface area contributed by atoms with E-state index in [1.165, 1.54) is 11.1 Å². The number of aromatic nitrogens is 3. The molecule has 20 heavy (non-hydrogen) atoms. The molecule has 0 atom stereocenters. The Morgan fingerprint density at radius 1 is 1.35 bits per heavy atom. The minimum atomic E-state index is 0.0959. The van der Waals surface area contributed by atoms with Crippen molar-refractivity contribution < 1.29 is 0 Å². The highest BCUT2D eigenvalue weighted by atomic mass is 15.3. The molecular weight excluding hydrogens is 250 g/mol. The van der Waals surface area contributed by atoms with E-state index < -0.39 is 0 Å². The molecule has 1 heterocycles. The highest BCUT2D eigenvalue weighted by molar-refractivity contribution is 5.39. The molecule has 2 rings (SSSR count). The lowest BCUT2D eigenvalue weighted by Crippen LogP contribution is -2.35. The molecule has 1 aromatic carbocycles. The first kappa shape index (κ1) is 14.2. The molecule has 1 aromatic heterocycles. The van der Waals surface area contributed by atoms with Crippen molar-refractivity contribution in [3.63, 3.8) is 0 Å². The van der Waals surface area contributed by atoms with Crippen molar-refractivity contribution in [1.82, 2.24) is 20.1 Å². The maximum Gasteiger partial charge on any atom is 0.252 e. The smallest absolute Gasteiger partial charge is 0.252 e. The van der Waals surface area contributed by atoms with Gasteiger partial charge in [0, 0.05) is 12.1 Å². The van der Waals surface area contributed by atoms with Crippen LogP contribution in [0.4, 0.5) is 0 Å². The van der Waals surface area contributed by atoms with Crippen LogP contribution in [0.2, 0.25) is 0 Å². The van der Waals surface area contributed by atoms with Gasteiger partial charge in [-0.3, -0.25) is 0 Å². The van der Waals surface area contributed by atoms with Crippen molar-refractivity contribution in [2.24, 2.45) is 0 Å². The molecule has 0 unspecified atom stereocenters. The molecule has 0 aliphatic rings. The molecule has 1 N–H and O–H groups in total. The molecule has 0 aliphatic heterocycles. The van der Waals surface area contributed by atoms with Gasteiger partial charge in [-0.25, -0.2) is 9.67 Å². The first-order valence-corrected chi connectivity index (χ1v) is 6.56. The monoisotopic (exact) mass is 269 g/mol. The third-order valence-electron chi connectivity index (χ3n) is 2.99. The molecule has 0 saturated carbocycles. The lowest BCUT2D eigenvalue weighted by atomic mass is 10.0. The van der Waals surface area contributed by atoms with Crippen molar-refractivity contribution in [3.05, 3.63) is 41.5 Å². The molecule has 0 fully saturated rings. The van der Waals surface area contributed by atoms with Crippen LogP contribution in [0, 0.1) is 18.3 Å². The molecule has 5 nitrogen and oxygen atoms in total. The Morgan fingerprint density at radius 3 is 2.65 bits per heavy atom. The van der Waals surface area contributed by atoms with Gasteiger partial charge in [0.15, 0.2) is 0 Å². The second kappa shape index (κ2) is 5.43. The second-order valence-electron chi connectivity index (χ2n) is 5.84. The summed E-state index contributed by atoms with van der Waals surface area (Å²) in [6, 6.07) is 8.05. The van der Waals surface area contributed by atoms with Crippen molar-refractivity contribution >= 4 is 0 Å². The van der Waals surface area contributed by atoms with Crippen LogP contribution in [-0.4, -0.2) is 20.3 Å². The van der Waals surface area contributed by atoms with E-state index in [1.54, 1.807) is 11.0 Å². The summed E-state index contributed by atoms with van der Waals surface area (Å²) in [5.41, 5.74) is 3.45.